The molecule has 1 aliphatic carbocycles. The van der Waals surface area contributed by atoms with Gasteiger partial charge < -0.3 is 5.32 Å². The van der Waals surface area contributed by atoms with E-state index in [1.54, 1.807) is 6.92 Å². The third-order valence-electron chi connectivity index (χ3n) is 2.57. The molecular weight excluding hydrogens is 208 g/mol. The zero-order chi connectivity index (χ0) is 10.8. The average molecular weight is 224 g/mol. The minimum atomic E-state index is 0.124. The number of Topliss-reactive ketones (excluding diaryl/α,β-unsaturated/α-hetero) is 1. The Hall–Kier alpha value is -0.740. The number of thiazole rings is 1. The van der Waals surface area contributed by atoms with Crippen LogP contribution in [0.2, 0.25) is 0 Å². The lowest BCUT2D eigenvalue weighted by Crippen LogP contribution is -2.15. The van der Waals surface area contributed by atoms with E-state index in [-0.39, 0.29) is 5.78 Å². The minimum absolute atomic E-state index is 0.124. The Labute approximate surface area is 93.9 Å². The van der Waals surface area contributed by atoms with E-state index < -0.39 is 0 Å². The second kappa shape index (κ2) is 4.41. The van der Waals surface area contributed by atoms with E-state index in [9.17, 15) is 4.79 Å². The van der Waals surface area contributed by atoms with Crippen LogP contribution in [0.4, 0.5) is 0 Å². The maximum absolute atomic E-state index is 11.2. The van der Waals surface area contributed by atoms with Crippen molar-refractivity contribution in [2.24, 2.45) is 5.92 Å². The Bertz CT molecular complexity index is 369. The van der Waals surface area contributed by atoms with E-state index >= 15 is 0 Å². The quantitative estimate of drug-likeness (QED) is 0.779. The molecule has 82 valence electrons. The van der Waals surface area contributed by atoms with Crippen molar-refractivity contribution in [3.63, 3.8) is 0 Å². The van der Waals surface area contributed by atoms with Gasteiger partial charge in [0.05, 0.1) is 10.6 Å². The first-order valence-electron chi connectivity index (χ1n) is 5.34. The highest BCUT2D eigenvalue weighted by atomic mass is 32.1. The fraction of sp³-hybridized carbons (Fsp3) is 0.636. The molecule has 0 unspecified atom stereocenters. The monoisotopic (exact) mass is 224 g/mol. The average Bonchev–Trinajstić information content (AvgIpc) is 2.90. The SMILES string of the molecule is CC(=O)c1sc(CNCC2CC2)nc1C. The zero-order valence-corrected chi connectivity index (χ0v) is 9.99. The van der Waals surface area contributed by atoms with Crippen LogP contribution < -0.4 is 5.32 Å². The third-order valence-corrected chi connectivity index (χ3v) is 3.83. The Balaban J connectivity index is 1.89. The summed E-state index contributed by atoms with van der Waals surface area (Å²) in [5.41, 5.74) is 0.871. The normalized spacial score (nSPS) is 15.6. The summed E-state index contributed by atoms with van der Waals surface area (Å²) in [6, 6.07) is 0. The highest BCUT2D eigenvalue weighted by Crippen LogP contribution is 2.27. The number of nitrogens with one attached hydrogen (secondary N) is 1. The van der Waals surface area contributed by atoms with Gasteiger partial charge in [-0.1, -0.05) is 0 Å². The lowest BCUT2D eigenvalue weighted by Gasteiger charge is -1.98. The van der Waals surface area contributed by atoms with Gasteiger partial charge in [-0.3, -0.25) is 4.79 Å². The van der Waals surface area contributed by atoms with E-state index in [2.05, 4.69) is 10.3 Å². The molecule has 1 N–H and O–H groups in total. The largest absolute Gasteiger partial charge is 0.310 e. The first-order chi connectivity index (χ1) is 7.16. The molecule has 0 bridgehead atoms. The van der Waals surface area contributed by atoms with Crippen molar-refractivity contribution in [2.45, 2.75) is 33.2 Å². The maximum Gasteiger partial charge on any atom is 0.171 e. The number of rotatable bonds is 5. The van der Waals surface area contributed by atoms with Crippen molar-refractivity contribution in [3.8, 4) is 0 Å². The molecule has 0 amide bonds. The van der Waals surface area contributed by atoms with Gasteiger partial charge in [-0.2, -0.15) is 0 Å². The van der Waals surface area contributed by atoms with Crippen LogP contribution in [0.15, 0.2) is 0 Å². The van der Waals surface area contributed by atoms with E-state index in [0.717, 1.165) is 34.6 Å². The molecule has 0 aromatic carbocycles. The molecule has 1 fully saturated rings. The molecular formula is C11H16N2OS. The molecule has 0 spiro atoms. The highest BCUT2D eigenvalue weighted by Gasteiger charge is 2.20. The molecule has 1 heterocycles. The van der Waals surface area contributed by atoms with Gasteiger partial charge in [-0.15, -0.1) is 11.3 Å². The van der Waals surface area contributed by atoms with Crippen LogP contribution in [0.25, 0.3) is 0 Å². The topological polar surface area (TPSA) is 42.0 Å². The van der Waals surface area contributed by atoms with Crippen LogP contribution in [0.5, 0.6) is 0 Å². The van der Waals surface area contributed by atoms with E-state index in [1.807, 2.05) is 6.92 Å². The van der Waals surface area contributed by atoms with Crippen molar-refractivity contribution in [3.05, 3.63) is 15.6 Å². The molecule has 4 heteroatoms. The van der Waals surface area contributed by atoms with Crippen LogP contribution in [-0.4, -0.2) is 17.3 Å². The number of hydrogen-bond donors (Lipinski definition) is 1. The van der Waals surface area contributed by atoms with Crippen LogP contribution in [-0.2, 0) is 6.54 Å². The summed E-state index contributed by atoms with van der Waals surface area (Å²) in [5, 5.41) is 4.41. The van der Waals surface area contributed by atoms with Crippen molar-refractivity contribution in [1.82, 2.24) is 10.3 Å². The molecule has 0 aliphatic heterocycles. The molecule has 3 nitrogen and oxygen atoms in total. The number of carbonyl (C=O) groups excluding carboxylic acids is 1. The van der Waals surface area contributed by atoms with Gasteiger partial charge in [0.25, 0.3) is 0 Å². The summed E-state index contributed by atoms with van der Waals surface area (Å²) in [6.45, 7) is 5.39. The van der Waals surface area contributed by atoms with E-state index in [0.29, 0.717) is 0 Å². The molecule has 1 aliphatic rings. The number of ketones is 1. The van der Waals surface area contributed by atoms with Gasteiger partial charge >= 0.3 is 0 Å². The van der Waals surface area contributed by atoms with E-state index in [4.69, 9.17) is 0 Å². The van der Waals surface area contributed by atoms with Crippen molar-refractivity contribution >= 4 is 17.1 Å². The lowest BCUT2D eigenvalue weighted by atomic mass is 10.3. The molecule has 0 radical (unpaired) electrons. The maximum atomic E-state index is 11.2. The summed E-state index contributed by atoms with van der Waals surface area (Å²) < 4.78 is 0. The van der Waals surface area contributed by atoms with Gasteiger partial charge in [-0.25, -0.2) is 4.98 Å². The van der Waals surface area contributed by atoms with Crippen LogP contribution in [0.1, 0.15) is 40.1 Å². The smallest absolute Gasteiger partial charge is 0.171 e. The van der Waals surface area contributed by atoms with Gasteiger partial charge in [0.2, 0.25) is 0 Å². The molecule has 0 saturated heterocycles. The predicted molar refractivity (Wildman–Crippen MR) is 61.3 cm³/mol. The predicted octanol–water partition coefficient (Wildman–Crippen LogP) is 2.15. The molecule has 15 heavy (non-hydrogen) atoms. The molecule has 2 rings (SSSR count). The van der Waals surface area contributed by atoms with Crippen LogP contribution in [0.3, 0.4) is 0 Å². The Morgan fingerprint density at radius 1 is 1.60 bits per heavy atom. The Morgan fingerprint density at radius 3 is 2.87 bits per heavy atom. The zero-order valence-electron chi connectivity index (χ0n) is 9.17. The summed E-state index contributed by atoms with van der Waals surface area (Å²) in [4.78, 5) is 16.4. The number of aromatic nitrogens is 1. The lowest BCUT2D eigenvalue weighted by molar-refractivity contribution is 0.102. The van der Waals surface area contributed by atoms with E-state index in [1.165, 1.54) is 24.2 Å². The minimum Gasteiger partial charge on any atom is -0.310 e. The summed E-state index contributed by atoms with van der Waals surface area (Å²) >= 11 is 1.52. The molecule has 1 saturated carbocycles. The summed E-state index contributed by atoms with van der Waals surface area (Å²) in [7, 11) is 0. The number of carbonyl (C=O) groups is 1. The standard InChI is InChI=1S/C11H16N2OS/c1-7-11(8(2)14)15-10(13-7)6-12-5-9-3-4-9/h9,12H,3-6H2,1-2H3. The number of nitrogens with zero attached hydrogens (tertiary/aromatic N) is 1. The Kier molecular flexibility index (Phi) is 3.17. The van der Waals surface area contributed by atoms with Gasteiger partial charge in [0, 0.05) is 13.5 Å². The first-order valence-corrected chi connectivity index (χ1v) is 6.16. The van der Waals surface area contributed by atoms with Crippen LogP contribution >= 0.6 is 11.3 Å². The van der Waals surface area contributed by atoms with Crippen molar-refractivity contribution < 1.29 is 4.79 Å². The van der Waals surface area contributed by atoms with Gasteiger partial charge in [0.15, 0.2) is 5.78 Å². The highest BCUT2D eigenvalue weighted by molar-refractivity contribution is 7.13. The van der Waals surface area contributed by atoms with Crippen LogP contribution in [0, 0.1) is 12.8 Å². The summed E-state index contributed by atoms with van der Waals surface area (Å²) in [5.74, 6) is 1.01. The molecule has 1 aromatic heterocycles. The van der Waals surface area contributed by atoms with Crippen molar-refractivity contribution in [2.75, 3.05) is 6.54 Å². The van der Waals surface area contributed by atoms with Gasteiger partial charge in [-0.05, 0) is 32.2 Å². The summed E-state index contributed by atoms with van der Waals surface area (Å²) in [6.07, 6.45) is 2.73. The fourth-order valence-corrected chi connectivity index (χ4v) is 2.49. The second-order valence-corrected chi connectivity index (χ2v) is 5.24. The Morgan fingerprint density at radius 2 is 2.33 bits per heavy atom. The van der Waals surface area contributed by atoms with Crippen molar-refractivity contribution in [1.29, 1.82) is 0 Å². The van der Waals surface area contributed by atoms with Gasteiger partial charge in [0.1, 0.15) is 5.01 Å². The molecule has 1 aromatic rings. The third kappa shape index (κ3) is 2.86. The number of aryl methyl sites for hydroxylation is 1. The number of hydrogen-bond acceptors (Lipinski definition) is 4. The second-order valence-electron chi connectivity index (χ2n) is 4.15. The first kappa shape index (κ1) is 10.8. The molecule has 0 atom stereocenters. The fourth-order valence-electron chi connectivity index (χ4n) is 1.56.